The van der Waals surface area contributed by atoms with E-state index >= 15 is 0 Å². The maximum absolute atomic E-state index is 12.2. The van der Waals surface area contributed by atoms with E-state index in [2.05, 4.69) is 5.32 Å². The molecule has 1 aliphatic carbocycles. The SMILES string of the molecule is CCOC(=O)[C@H]1Nc2c(Cl)ccc(C(=O)[O-])c2[C@H]2C=CC[C@H]12. The van der Waals surface area contributed by atoms with E-state index in [1.54, 1.807) is 6.92 Å². The van der Waals surface area contributed by atoms with E-state index in [-0.39, 0.29) is 23.4 Å². The fourth-order valence-corrected chi connectivity index (χ4v) is 3.54. The van der Waals surface area contributed by atoms with Crippen LogP contribution in [0.15, 0.2) is 24.3 Å². The van der Waals surface area contributed by atoms with Gasteiger partial charge in [0.05, 0.1) is 23.3 Å². The van der Waals surface area contributed by atoms with Gasteiger partial charge >= 0.3 is 5.97 Å². The van der Waals surface area contributed by atoms with E-state index in [1.807, 2.05) is 12.2 Å². The standard InChI is InChI=1S/C16H16ClNO4/c1-2-22-16(21)13-9-5-3-4-8(9)12-10(15(19)20)6-7-11(17)14(12)18-13/h3-4,6-9,13,18H,2,5H2,1H3,(H,19,20)/p-1/t8-,9-,13-/m0/s1. The van der Waals surface area contributed by atoms with Crippen LogP contribution in [0, 0.1) is 5.92 Å². The number of esters is 1. The van der Waals surface area contributed by atoms with Gasteiger partial charge in [-0.25, -0.2) is 4.79 Å². The van der Waals surface area contributed by atoms with Crippen LogP contribution in [0.4, 0.5) is 5.69 Å². The van der Waals surface area contributed by atoms with E-state index in [0.717, 1.165) is 0 Å². The van der Waals surface area contributed by atoms with E-state index in [9.17, 15) is 14.7 Å². The average Bonchev–Trinajstić information content (AvgIpc) is 2.96. The first-order valence-electron chi connectivity index (χ1n) is 7.18. The lowest BCUT2D eigenvalue weighted by Crippen LogP contribution is -2.44. The molecule has 1 aliphatic heterocycles. The van der Waals surface area contributed by atoms with Crippen molar-refractivity contribution in [1.29, 1.82) is 0 Å². The van der Waals surface area contributed by atoms with Gasteiger partial charge in [-0.05, 0) is 25.0 Å². The minimum absolute atomic E-state index is 0.0804. The number of carboxylic acid groups (broad SMARTS) is 1. The number of ether oxygens (including phenoxy) is 1. The number of carboxylic acids is 1. The van der Waals surface area contributed by atoms with Crippen LogP contribution in [0.2, 0.25) is 5.02 Å². The molecule has 0 fully saturated rings. The summed E-state index contributed by atoms with van der Waals surface area (Å²) in [6.45, 7) is 2.04. The van der Waals surface area contributed by atoms with E-state index in [0.29, 0.717) is 29.3 Å². The zero-order chi connectivity index (χ0) is 15.9. The van der Waals surface area contributed by atoms with E-state index < -0.39 is 12.0 Å². The second-order valence-electron chi connectivity index (χ2n) is 5.40. The number of anilines is 1. The van der Waals surface area contributed by atoms with Crippen LogP contribution in [-0.4, -0.2) is 24.6 Å². The predicted molar refractivity (Wildman–Crippen MR) is 79.8 cm³/mol. The molecule has 0 saturated carbocycles. The second kappa shape index (κ2) is 5.65. The van der Waals surface area contributed by atoms with Crippen molar-refractivity contribution in [2.75, 3.05) is 11.9 Å². The lowest BCUT2D eigenvalue weighted by atomic mass is 9.77. The van der Waals surface area contributed by atoms with Crippen LogP contribution < -0.4 is 10.4 Å². The summed E-state index contributed by atoms with van der Waals surface area (Å²) in [6.07, 6.45) is 4.57. The molecule has 0 radical (unpaired) electrons. The van der Waals surface area contributed by atoms with Crippen LogP contribution in [0.1, 0.15) is 35.2 Å². The lowest BCUT2D eigenvalue weighted by Gasteiger charge is -2.37. The average molecular weight is 321 g/mol. The smallest absolute Gasteiger partial charge is 0.328 e. The largest absolute Gasteiger partial charge is 0.545 e. The van der Waals surface area contributed by atoms with Crippen molar-refractivity contribution >= 4 is 29.2 Å². The van der Waals surface area contributed by atoms with Gasteiger partial charge in [0.2, 0.25) is 0 Å². The molecule has 0 unspecified atom stereocenters. The van der Waals surface area contributed by atoms with Gasteiger partial charge in [-0.3, -0.25) is 0 Å². The molecule has 6 heteroatoms. The summed E-state index contributed by atoms with van der Waals surface area (Å²) in [5.41, 5.74) is 1.18. The Morgan fingerprint density at radius 3 is 2.91 bits per heavy atom. The topological polar surface area (TPSA) is 78.5 Å². The van der Waals surface area contributed by atoms with Crippen LogP contribution in [0.3, 0.4) is 0 Å². The summed E-state index contributed by atoms with van der Waals surface area (Å²) in [4.78, 5) is 23.6. The quantitative estimate of drug-likeness (QED) is 0.677. The molecule has 0 spiro atoms. The second-order valence-corrected chi connectivity index (χ2v) is 5.81. The first-order valence-corrected chi connectivity index (χ1v) is 7.56. The molecule has 1 aromatic carbocycles. The van der Waals surface area contributed by atoms with Gasteiger partial charge in [0, 0.05) is 17.4 Å². The highest BCUT2D eigenvalue weighted by Crippen LogP contribution is 2.48. The fourth-order valence-electron chi connectivity index (χ4n) is 3.32. The van der Waals surface area contributed by atoms with Gasteiger partial charge in [0.15, 0.2) is 0 Å². The van der Waals surface area contributed by atoms with Gasteiger partial charge in [-0.1, -0.05) is 29.8 Å². The predicted octanol–water partition coefficient (Wildman–Crippen LogP) is 1.72. The summed E-state index contributed by atoms with van der Waals surface area (Å²) in [7, 11) is 0. The highest BCUT2D eigenvalue weighted by molar-refractivity contribution is 6.33. The van der Waals surface area contributed by atoms with Gasteiger partial charge in [-0.15, -0.1) is 0 Å². The molecule has 1 heterocycles. The number of benzene rings is 1. The van der Waals surface area contributed by atoms with Crippen molar-refractivity contribution in [1.82, 2.24) is 0 Å². The Bertz CT molecular complexity index is 670. The molecule has 3 atom stereocenters. The number of aromatic carboxylic acids is 1. The number of allylic oxidation sites excluding steroid dienone is 2. The Hall–Kier alpha value is -2.01. The Morgan fingerprint density at radius 1 is 1.45 bits per heavy atom. The first kappa shape index (κ1) is 14.9. The van der Waals surface area contributed by atoms with Crippen LogP contribution in [0.25, 0.3) is 0 Å². The van der Waals surface area contributed by atoms with Gasteiger partial charge in [0.1, 0.15) is 6.04 Å². The Kier molecular flexibility index (Phi) is 3.83. The summed E-state index contributed by atoms with van der Waals surface area (Å²) < 4.78 is 5.12. The molecule has 1 aromatic rings. The molecule has 0 aromatic heterocycles. The zero-order valence-corrected chi connectivity index (χ0v) is 12.7. The number of halogens is 1. The van der Waals surface area contributed by atoms with Crippen LogP contribution in [-0.2, 0) is 9.53 Å². The van der Waals surface area contributed by atoms with Gasteiger partial charge < -0.3 is 20.0 Å². The molecule has 0 amide bonds. The zero-order valence-electron chi connectivity index (χ0n) is 12.0. The number of carbonyl (C=O) groups excluding carboxylic acids is 2. The molecule has 0 saturated heterocycles. The normalized spacial score (nSPS) is 25.1. The minimum atomic E-state index is -1.25. The summed E-state index contributed by atoms with van der Waals surface area (Å²) in [5.74, 6) is -1.86. The summed E-state index contributed by atoms with van der Waals surface area (Å²) >= 11 is 6.20. The van der Waals surface area contributed by atoms with Crippen molar-refractivity contribution in [3.8, 4) is 0 Å². The maximum atomic E-state index is 12.2. The third-order valence-electron chi connectivity index (χ3n) is 4.23. The number of nitrogens with one attached hydrogen (secondary N) is 1. The van der Waals surface area contributed by atoms with Crippen molar-refractivity contribution in [3.63, 3.8) is 0 Å². The molecule has 116 valence electrons. The third kappa shape index (κ3) is 2.25. The minimum Gasteiger partial charge on any atom is -0.545 e. The molecule has 3 rings (SSSR count). The molecular formula is C16H15ClNO4-. The van der Waals surface area contributed by atoms with Crippen molar-refractivity contribution in [2.45, 2.75) is 25.3 Å². The number of hydrogen-bond donors (Lipinski definition) is 1. The van der Waals surface area contributed by atoms with Crippen molar-refractivity contribution < 1.29 is 19.4 Å². The Balaban J connectivity index is 2.11. The molecule has 0 bridgehead atoms. The molecule has 5 nitrogen and oxygen atoms in total. The number of fused-ring (bicyclic) bond motifs is 3. The van der Waals surface area contributed by atoms with Gasteiger partial charge in [-0.2, -0.15) is 0 Å². The Morgan fingerprint density at radius 2 is 2.23 bits per heavy atom. The molecule has 2 aliphatic rings. The third-order valence-corrected chi connectivity index (χ3v) is 4.54. The molecular weight excluding hydrogens is 306 g/mol. The monoisotopic (exact) mass is 320 g/mol. The molecule has 1 N–H and O–H groups in total. The van der Waals surface area contributed by atoms with Crippen molar-refractivity contribution in [3.05, 3.63) is 40.4 Å². The van der Waals surface area contributed by atoms with Gasteiger partial charge in [0.25, 0.3) is 0 Å². The molecule has 22 heavy (non-hydrogen) atoms. The lowest BCUT2D eigenvalue weighted by molar-refractivity contribution is -0.255. The van der Waals surface area contributed by atoms with Crippen LogP contribution in [0.5, 0.6) is 0 Å². The van der Waals surface area contributed by atoms with Crippen molar-refractivity contribution in [2.24, 2.45) is 5.92 Å². The number of hydrogen-bond acceptors (Lipinski definition) is 5. The Labute approximate surface area is 132 Å². The van der Waals surface area contributed by atoms with E-state index in [1.165, 1.54) is 12.1 Å². The summed E-state index contributed by atoms with van der Waals surface area (Å²) in [6, 6.07) is 2.41. The summed E-state index contributed by atoms with van der Waals surface area (Å²) in [5, 5.41) is 14.9. The van der Waals surface area contributed by atoms with Crippen LogP contribution >= 0.6 is 11.6 Å². The fraction of sp³-hybridized carbons (Fsp3) is 0.375. The number of carbonyl (C=O) groups is 2. The highest BCUT2D eigenvalue weighted by atomic mass is 35.5. The maximum Gasteiger partial charge on any atom is 0.328 e. The van der Waals surface area contributed by atoms with E-state index in [4.69, 9.17) is 16.3 Å². The highest BCUT2D eigenvalue weighted by Gasteiger charge is 2.43. The first-order chi connectivity index (χ1) is 10.5. The number of rotatable bonds is 3.